The van der Waals surface area contributed by atoms with Crippen LogP contribution in [0.2, 0.25) is 0 Å². The van der Waals surface area contributed by atoms with Crippen molar-refractivity contribution < 1.29 is 14.3 Å². The number of esters is 1. The van der Waals surface area contributed by atoms with E-state index in [0.717, 1.165) is 41.2 Å². The van der Waals surface area contributed by atoms with Crippen LogP contribution in [0.15, 0.2) is 16.6 Å². The van der Waals surface area contributed by atoms with Crippen molar-refractivity contribution in [3.05, 3.63) is 32.3 Å². The van der Waals surface area contributed by atoms with Crippen LogP contribution in [0.4, 0.5) is 5.00 Å². The summed E-state index contributed by atoms with van der Waals surface area (Å²) in [7, 11) is 1.35. The third kappa shape index (κ3) is 5.24. The van der Waals surface area contributed by atoms with Gasteiger partial charge < -0.3 is 14.6 Å². The number of nitrogens with zero attached hydrogens (tertiary/aromatic N) is 3. The number of aryl methyl sites for hydroxylation is 2. The highest BCUT2D eigenvalue weighted by Crippen LogP contribution is 2.34. The van der Waals surface area contributed by atoms with E-state index >= 15 is 0 Å². The van der Waals surface area contributed by atoms with Gasteiger partial charge in [-0.3, -0.25) is 4.79 Å². The zero-order chi connectivity index (χ0) is 23.3. The van der Waals surface area contributed by atoms with Gasteiger partial charge in [0.25, 0.3) is 0 Å². The first-order chi connectivity index (χ1) is 15.4. The summed E-state index contributed by atoms with van der Waals surface area (Å²) >= 11 is 4.47. The van der Waals surface area contributed by atoms with Gasteiger partial charge in [0.2, 0.25) is 5.91 Å². The third-order valence-electron chi connectivity index (χ3n) is 4.96. The van der Waals surface area contributed by atoms with E-state index in [-0.39, 0.29) is 11.7 Å². The number of carbonyl (C=O) groups excluding carboxylic acids is 2. The number of nitrogens with one attached hydrogen (secondary N) is 1. The molecule has 0 spiro atoms. The Balaban J connectivity index is 1.75. The van der Waals surface area contributed by atoms with Gasteiger partial charge in [-0.05, 0) is 37.8 Å². The molecule has 3 aromatic rings. The number of thiophene rings is 2. The molecule has 10 heteroatoms. The molecule has 0 aliphatic carbocycles. The minimum absolute atomic E-state index is 0.171. The van der Waals surface area contributed by atoms with Crippen molar-refractivity contribution in [3.63, 3.8) is 0 Å². The predicted octanol–water partition coefficient (Wildman–Crippen LogP) is 5.43. The molecule has 0 aliphatic rings. The summed E-state index contributed by atoms with van der Waals surface area (Å²) in [5.74, 6) is 0.384. The Labute approximate surface area is 200 Å². The van der Waals surface area contributed by atoms with Gasteiger partial charge in [0.15, 0.2) is 11.0 Å². The van der Waals surface area contributed by atoms with Crippen LogP contribution in [0, 0.1) is 6.92 Å². The van der Waals surface area contributed by atoms with Crippen molar-refractivity contribution in [2.45, 2.75) is 58.7 Å². The van der Waals surface area contributed by atoms with Crippen LogP contribution in [0.3, 0.4) is 0 Å². The van der Waals surface area contributed by atoms with Crippen molar-refractivity contribution in [1.82, 2.24) is 14.8 Å². The summed E-state index contributed by atoms with van der Waals surface area (Å²) in [5, 5.41) is 15.0. The van der Waals surface area contributed by atoms with Gasteiger partial charge in [0.1, 0.15) is 5.00 Å². The van der Waals surface area contributed by atoms with Gasteiger partial charge in [-0.25, -0.2) is 4.79 Å². The van der Waals surface area contributed by atoms with Crippen molar-refractivity contribution in [2.24, 2.45) is 0 Å². The van der Waals surface area contributed by atoms with E-state index in [1.54, 1.807) is 11.3 Å². The Hall–Kier alpha value is -2.17. The standard InChI is InChI=1S/C22H28N4O3S3/c1-6-9-26-19(14-10-15(7-2)30-11-14)24-25-22(26)31-12-17(27)23-20-18(21(28)29-5)16(8-3)13(4)32-20/h10-11H,6-9,12H2,1-5H3,(H,23,27). The van der Waals surface area contributed by atoms with Gasteiger partial charge in [-0.15, -0.1) is 32.9 Å². The zero-order valence-electron chi connectivity index (χ0n) is 19.0. The Morgan fingerprint density at radius 2 is 2.00 bits per heavy atom. The van der Waals surface area contributed by atoms with Gasteiger partial charge in [0, 0.05) is 27.2 Å². The topological polar surface area (TPSA) is 86.1 Å². The molecule has 0 aromatic carbocycles. The molecule has 0 unspecified atom stereocenters. The van der Waals surface area contributed by atoms with Crippen LogP contribution >= 0.6 is 34.4 Å². The number of methoxy groups -OCH3 is 1. The third-order valence-corrected chi connectivity index (χ3v) is 8.07. The number of aromatic nitrogens is 3. The minimum Gasteiger partial charge on any atom is -0.465 e. The molecular weight excluding hydrogens is 464 g/mol. The van der Waals surface area contributed by atoms with Crippen LogP contribution < -0.4 is 5.32 Å². The molecule has 3 heterocycles. The van der Waals surface area contributed by atoms with Crippen LogP contribution in [-0.2, 0) is 28.9 Å². The molecule has 32 heavy (non-hydrogen) atoms. The van der Waals surface area contributed by atoms with Crippen LogP contribution in [-0.4, -0.2) is 39.5 Å². The molecule has 0 saturated carbocycles. The summed E-state index contributed by atoms with van der Waals surface area (Å²) in [6.07, 6.45) is 2.62. The highest BCUT2D eigenvalue weighted by atomic mass is 32.2. The van der Waals surface area contributed by atoms with Crippen LogP contribution in [0.25, 0.3) is 11.4 Å². The smallest absolute Gasteiger partial charge is 0.341 e. The highest BCUT2D eigenvalue weighted by Gasteiger charge is 2.23. The fraction of sp³-hybridized carbons (Fsp3) is 0.455. The molecule has 1 N–H and O–H groups in total. The maximum Gasteiger partial charge on any atom is 0.341 e. The predicted molar refractivity (Wildman–Crippen MR) is 132 cm³/mol. The number of hydrogen-bond acceptors (Lipinski definition) is 8. The second-order valence-corrected chi connectivity index (χ2v) is 10.3. The van der Waals surface area contributed by atoms with E-state index in [4.69, 9.17) is 4.74 Å². The lowest BCUT2D eigenvalue weighted by Crippen LogP contribution is -2.16. The van der Waals surface area contributed by atoms with Crippen molar-refractivity contribution in [3.8, 4) is 11.4 Å². The normalized spacial score (nSPS) is 11.0. The Morgan fingerprint density at radius 1 is 1.22 bits per heavy atom. The largest absolute Gasteiger partial charge is 0.465 e. The molecule has 3 aromatic heterocycles. The van der Waals surface area contributed by atoms with E-state index in [2.05, 4.69) is 45.4 Å². The molecule has 0 saturated heterocycles. The average molecular weight is 493 g/mol. The minimum atomic E-state index is -0.427. The highest BCUT2D eigenvalue weighted by molar-refractivity contribution is 7.99. The van der Waals surface area contributed by atoms with Crippen molar-refractivity contribution >= 4 is 51.3 Å². The first-order valence-corrected chi connectivity index (χ1v) is 13.3. The van der Waals surface area contributed by atoms with E-state index in [0.29, 0.717) is 22.1 Å². The first kappa shape index (κ1) is 24.5. The number of rotatable bonds is 10. The average Bonchev–Trinajstić information content (AvgIpc) is 3.49. The summed E-state index contributed by atoms with van der Waals surface area (Å²) in [4.78, 5) is 27.3. The van der Waals surface area contributed by atoms with Crippen molar-refractivity contribution in [1.29, 1.82) is 0 Å². The van der Waals surface area contributed by atoms with E-state index in [9.17, 15) is 9.59 Å². The molecule has 3 rings (SSSR count). The maximum atomic E-state index is 12.7. The lowest BCUT2D eigenvalue weighted by atomic mass is 10.1. The number of anilines is 1. The molecule has 172 valence electrons. The second-order valence-electron chi connectivity index (χ2n) is 7.14. The van der Waals surface area contributed by atoms with Crippen LogP contribution in [0.5, 0.6) is 0 Å². The molecule has 0 atom stereocenters. The first-order valence-electron chi connectivity index (χ1n) is 10.6. The molecule has 0 radical (unpaired) electrons. The van der Waals surface area contributed by atoms with Gasteiger partial charge in [-0.2, -0.15) is 0 Å². The number of carbonyl (C=O) groups is 2. The monoisotopic (exact) mass is 492 g/mol. The summed E-state index contributed by atoms with van der Waals surface area (Å²) in [6, 6.07) is 2.15. The summed E-state index contributed by atoms with van der Waals surface area (Å²) in [6.45, 7) is 8.95. The zero-order valence-corrected chi connectivity index (χ0v) is 21.4. The number of ether oxygens (including phenoxy) is 1. The molecule has 1 amide bonds. The quantitative estimate of drug-likeness (QED) is 0.300. The van der Waals surface area contributed by atoms with Gasteiger partial charge in [-0.1, -0.05) is 32.5 Å². The van der Waals surface area contributed by atoms with Crippen LogP contribution in [0.1, 0.15) is 52.9 Å². The molecule has 0 bridgehead atoms. The fourth-order valence-electron chi connectivity index (χ4n) is 3.42. The van der Waals surface area contributed by atoms with Gasteiger partial charge in [0.05, 0.1) is 18.4 Å². The van der Waals surface area contributed by atoms with E-state index in [1.807, 2.05) is 13.8 Å². The molecule has 0 fully saturated rings. The maximum absolute atomic E-state index is 12.7. The SMILES string of the molecule is CCCn1c(SCC(=O)Nc2sc(C)c(CC)c2C(=O)OC)nnc1-c1csc(CC)c1. The lowest BCUT2D eigenvalue weighted by molar-refractivity contribution is -0.113. The summed E-state index contributed by atoms with van der Waals surface area (Å²) < 4.78 is 7.00. The number of amides is 1. The molecule has 7 nitrogen and oxygen atoms in total. The summed E-state index contributed by atoms with van der Waals surface area (Å²) in [5.41, 5.74) is 2.43. The Bertz CT molecular complexity index is 1100. The fourth-order valence-corrected chi connectivity index (χ4v) is 6.15. The lowest BCUT2D eigenvalue weighted by Gasteiger charge is -2.09. The van der Waals surface area contributed by atoms with Gasteiger partial charge >= 0.3 is 5.97 Å². The number of hydrogen-bond donors (Lipinski definition) is 1. The second kappa shape index (κ2) is 11.1. The molecule has 0 aliphatic heterocycles. The molecular formula is C22H28N4O3S3. The Morgan fingerprint density at radius 3 is 2.62 bits per heavy atom. The Kier molecular flexibility index (Phi) is 8.50. The van der Waals surface area contributed by atoms with E-state index in [1.165, 1.54) is 35.1 Å². The van der Waals surface area contributed by atoms with E-state index < -0.39 is 5.97 Å². The van der Waals surface area contributed by atoms with Crippen molar-refractivity contribution in [2.75, 3.05) is 18.2 Å². The number of thioether (sulfide) groups is 1.